The summed E-state index contributed by atoms with van der Waals surface area (Å²) in [4.78, 5) is 33.4. The lowest BCUT2D eigenvalue weighted by Crippen LogP contribution is -2.32. The molecule has 0 atom stereocenters. The molecule has 2 aromatic rings. The Morgan fingerprint density at radius 3 is 2.85 bits per heavy atom. The van der Waals surface area contributed by atoms with Gasteiger partial charge in [0, 0.05) is 40.8 Å². The molecule has 8 heteroatoms. The van der Waals surface area contributed by atoms with Gasteiger partial charge in [0.25, 0.3) is 5.56 Å². The number of aromatic nitrogens is 2. The van der Waals surface area contributed by atoms with Crippen molar-refractivity contribution in [2.75, 3.05) is 12.8 Å². The van der Waals surface area contributed by atoms with Crippen LogP contribution in [0.15, 0.2) is 45.3 Å². The lowest BCUT2D eigenvalue weighted by atomic mass is 10.1. The lowest BCUT2D eigenvalue weighted by Gasteiger charge is -2.22. The Bertz CT molecular complexity index is 901. The SMILES string of the molecule is C=CCN(Cc1cc(Br)ccc1F)C(=O)CCc1c(C)nc(SC)[nH]c1=O. The van der Waals surface area contributed by atoms with Gasteiger partial charge in [-0.2, -0.15) is 0 Å². The number of thioether (sulfide) groups is 1. The zero-order valence-electron chi connectivity index (χ0n) is 15.2. The second-order valence-electron chi connectivity index (χ2n) is 5.94. The molecule has 1 heterocycles. The second kappa shape index (κ2) is 9.85. The van der Waals surface area contributed by atoms with Crippen LogP contribution in [0.5, 0.6) is 0 Å². The van der Waals surface area contributed by atoms with Crippen LogP contribution in [0.25, 0.3) is 0 Å². The average molecular weight is 454 g/mol. The first-order valence-electron chi connectivity index (χ1n) is 8.32. The van der Waals surface area contributed by atoms with Crippen LogP contribution in [-0.2, 0) is 17.8 Å². The van der Waals surface area contributed by atoms with Gasteiger partial charge in [0.15, 0.2) is 5.16 Å². The number of rotatable bonds is 8. The van der Waals surface area contributed by atoms with Crippen LogP contribution in [0.4, 0.5) is 4.39 Å². The molecule has 1 aromatic carbocycles. The van der Waals surface area contributed by atoms with E-state index in [1.165, 1.54) is 22.7 Å². The first kappa shape index (κ1) is 21.4. The van der Waals surface area contributed by atoms with Crippen molar-refractivity contribution in [2.24, 2.45) is 0 Å². The van der Waals surface area contributed by atoms with E-state index in [0.717, 1.165) is 4.47 Å². The summed E-state index contributed by atoms with van der Waals surface area (Å²) in [5.74, 6) is -0.550. The molecule has 1 aromatic heterocycles. The maximum absolute atomic E-state index is 14.0. The highest BCUT2D eigenvalue weighted by molar-refractivity contribution is 9.10. The number of halogens is 2. The summed E-state index contributed by atoms with van der Waals surface area (Å²) in [5, 5.41) is 0.547. The monoisotopic (exact) mass is 453 g/mol. The van der Waals surface area contributed by atoms with Crippen molar-refractivity contribution in [1.82, 2.24) is 14.9 Å². The molecule has 0 bridgehead atoms. The topological polar surface area (TPSA) is 66.1 Å². The van der Waals surface area contributed by atoms with Gasteiger partial charge < -0.3 is 9.88 Å². The third-order valence-corrected chi connectivity index (χ3v) is 5.13. The fourth-order valence-corrected chi connectivity index (χ4v) is 3.48. The Hall–Kier alpha value is -1.93. The van der Waals surface area contributed by atoms with Crippen molar-refractivity contribution in [3.05, 3.63) is 68.3 Å². The molecule has 0 aliphatic rings. The molecular weight excluding hydrogens is 433 g/mol. The number of hydrogen-bond donors (Lipinski definition) is 1. The summed E-state index contributed by atoms with van der Waals surface area (Å²) in [6.07, 6.45) is 3.83. The maximum Gasteiger partial charge on any atom is 0.254 e. The molecule has 0 fully saturated rings. The van der Waals surface area contributed by atoms with E-state index >= 15 is 0 Å². The van der Waals surface area contributed by atoms with Gasteiger partial charge in [-0.25, -0.2) is 9.37 Å². The van der Waals surface area contributed by atoms with Crippen molar-refractivity contribution in [3.8, 4) is 0 Å². The number of carbonyl (C=O) groups excluding carboxylic acids is 1. The quantitative estimate of drug-likeness (QED) is 0.374. The number of H-pyrrole nitrogens is 1. The van der Waals surface area contributed by atoms with Crippen molar-refractivity contribution in [3.63, 3.8) is 0 Å². The van der Waals surface area contributed by atoms with Crippen LogP contribution in [0.3, 0.4) is 0 Å². The Labute approximate surface area is 170 Å². The normalized spacial score (nSPS) is 10.7. The first-order valence-corrected chi connectivity index (χ1v) is 10.3. The maximum atomic E-state index is 14.0. The molecule has 5 nitrogen and oxygen atoms in total. The zero-order valence-corrected chi connectivity index (χ0v) is 17.6. The minimum atomic E-state index is -0.371. The molecule has 27 heavy (non-hydrogen) atoms. The van der Waals surface area contributed by atoms with Crippen LogP contribution in [-0.4, -0.2) is 33.6 Å². The molecule has 1 amide bonds. The van der Waals surface area contributed by atoms with Crippen LogP contribution in [0.2, 0.25) is 0 Å². The van der Waals surface area contributed by atoms with Crippen LogP contribution in [0.1, 0.15) is 23.2 Å². The fourth-order valence-electron chi connectivity index (χ4n) is 2.65. The number of amides is 1. The molecule has 144 valence electrons. The average Bonchev–Trinajstić information content (AvgIpc) is 2.63. The summed E-state index contributed by atoms with van der Waals surface area (Å²) in [6.45, 7) is 5.85. The number of carbonyl (C=O) groups is 1. The molecule has 0 spiro atoms. The molecule has 2 rings (SSSR count). The van der Waals surface area contributed by atoms with Crippen molar-refractivity contribution >= 4 is 33.6 Å². The van der Waals surface area contributed by atoms with Crippen molar-refractivity contribution in [2.45, 2.75) is 31.5 Å². The van der Waals surface area contributed by atoms with Crippen LogP contribution < -0.4 is 5.56 Å². The van der Waals surface area contributed by atoms with Crippen molar-refractivity contribution < 1.29 is 9.18 Å². The van der Waals surface area contributed by atoms with Crippen molar-refractivity contribution in [1.29, 1.82) is 0 Å². The van der Waals surface area contributed by atoms with E-state index in [0.29, 0.717) is 28.5 Å². The summed E-state index contributed by atoms with van der Waals surface area (Å²) < 4.78 is 14.8. The van der Waals surface area contributed by atoms with Gasteiger partial charge in [0.2, 0.25) is 5.91 Å². The van der Waals surface area contributed by atoms with Gasteiger partial charge >= 0.3 is 0 Å². The number of aryl methyl sites for hydroxylation is 1. The van der Waals surface area contributed by atoms with E-state index in [-0.39, 0.29) is 36.7 Å². The van der Waals surface area contributed by atoms with Gasteiger partial charge in [-0.1, -0.05) is 33.8 Å². The Morgan fingerprint density at radius 2 is 2.22 bits per heavy atom. The molecule has 0 aliphatic heterocycles. The lowest BCUT2D eigenvalue weighted by molar-refractivity contribution is -0.131. The smallest absolute Gasteiger partial charge is 0.254 e. The zero-order chi connectivity index (χ0) is 20.0. The Kier molecular flexibility index (Phi) is 7.79. The standard InChI is InChI=1S/C19H21BrFN3O2S/c1-4-9-24(11-13-10-14(20)5-7-16(13)21)17(25)8-6-15-12(2)22-19(27-3)23-18(15)26/h4-5,7,10H,1,6,8-9,11H2,2-3H3,(H,22,23,26). The molecule has 0 radical (unpaired) electrons. The molecule has 0 saturated heterocycles. The third-order valence-electron chi connectivity index (χ3n) is 4.05. The molecule has 0 aliphatic carbocycles. The third kappa shape index (κ3) is 5.77. The fraction of sp³-hybridized carbons (Fsp3) is 0.316. The van der Waals surface area contributed by atoms with E-state index in [2.05, 4.69) is 32.5 Å². The number of nitrogens with zero attached hydrogens (tertiary/aromatic N) is 2. The predicted molar refractivity (Wildman–Crippen MR) is 109 cm³/mol. The number of aromatic amines is 1. The van der Waals surface area contributed by atoms with Gasteiger partial charge in [-0.3, -0.25) is 9.59 Å². The van der Waals surface area contributed by atoms with E-state index in [1.54, 1.807) is 25.1 Å². The second-order valence-corrected chi connectivity index (χ2v) is 7.65. The Morgan fingerprint density at radius 1 is 1.48 bits per heavy atom. The minimum Gasteiger partial charge on any atom is -0.335 e. The van der Waals surface area contributed by atoms with Crippen LogP contribution in [0, 0.1) is 12.7 Å². The largest absolute Gasteiger partial charge is 0.335 e. The molecular formula is C19H21BrFN3O2S. The molecule has 0 saturated carbocycles. The van der Waals surface area contributed by atoms with Gasteiger partial charge in [0.05, 0.1) is 0 Å². The van der Waals surface area contributed by atoms with E-state index in [4.69, 9.17) is 0 Å². The number of hydrogen-bond acceptors (Lipinski definition) is 4. The van der Waals surface area contributed by atoms with Gasteiger partial charge in [-0.15, -0.1) is 6.58 Å². The summed E-state index contributed by atoms with van der Waals surface area (Å²) in [7, 11) is 0. The molecule has 0 unspecified atom stereocenters. The highest BCUT2D eigenvalue weighted by atomic mass is 79.9. The van der Waals surface area contributed by atoms with Crippen LogP contribution >= 0.6 is 27.7 Å². The van der Waals surface area contributed by atoms with Gasteiger partial charge in [0.1, 0.15) is 5.82 Å². The summed E-state index contributed by atoms with van der Waals surface area (Å²) in [5.41, 5.74) is 1.30. The molecule has 1 N–H and O–H groups in total. The summed E-state index contributed by atoms with van der Waals surface area (Å²) in [6, 6.07) is 4.62. The number of benzene rings is 1. The van der Waals surface area contributed by atoms with E-state index in [9.17, 15) is 14.0 Å². The predicted octanol–water partition coefficient (Wildman–Crippen LogP) is 3.85. The highest BCUT2D eigenvalue weighted by Crippen LogP contribution is 2.18. The Balaban J connectivity index is 2.12. The number of nitrogens with one attached hydrogen (secondary N) is 1. The highest BCUT2D eigenvalue weighted by Gasteiger charge is 2.17. The van der Waals surface area contributed by atoms with Gasteiger partial charge in [-0.05, 0) is 37.8 Å². The minimum absolute atomic E-state index is 0.133. The van der Waals surface area contributed by atoms with E-state index < -0.39 is 0 Å². The first-order chi connectivity index (χ1) is 12.8. The summed E-state index contributed by atoms with van der Waals surface area (Å²) >= 11 is 4.67. The van der Waals surface area contributed by atoms with E-state index in [1.807, 2.05) is 6.26 Å².